The average Bonchev–Trinajstić information content (AvgIpc) is 2.29. The molecule has 0 aliphatic carbocycles. The molecule has 2 nitrogen and oxygen atoms in total. The summed E-state index contributed by atoms with van der Waals surface area (Å²) >= 11 is 15.6. The van der Waals surface area contributed by atoms with Crippen LogP contribution in [0.3, 0.4) is 0 Å². The summed E-state index contributed by atoms with van der Waals surface area (Å²) in [6.07, 6.45) is 3.42. The maximum atomic E-state index is 6.15. The van der Waals surface area contributed by atoms with E-state index >= 15 is 0 Å². The van der Waals surface area contributed by atoms with Crippen molar-refractivity contribution >= 4 is 50.5 Å². The number of aromatic nitrogens is 1. The molecule has 0 radical (unpaired) electrons. The molecule has 88 valence electrons. The molecule has 0 aliphatic rings. The summed E-state index contributed by atoms with van der Waals surface area (Å²) in [6, 6.07) is 5.50. The fraction of sp³-hybridized carbons (Fsp3) is 0.0833. The lowest BCUT2D eigenvalue weighted by Gasteiger charge is -2.11. The highest BCUT2D eigenvalue weighted by Gasteiger charge is 2.06. The van der Waals surface area contributed by atoms with E-state index < -0.39 is 0 Å². The lowest BCUT2D eigenvalue weighted by molar-refractivity contribution is 1.30. The van der Waals surface area contributed by atoms with E-state index in [0.29, 0.717) is 10.0 Å². The van der Waals surface area contributed by atoms with Crippen LogP contribution in [0.5, 0.6) is 0 Å². The number of nitrogens with zero attached hydrogens (tertiary/aromatic N) is 1. The Kier molecular flexibility index (Phi) is 3.92. The smallest absolute Gasteiger partial charge is 0.0644 e. The van der Waals surface area contributed by atoms with Crippen molar-refractivity contribution < 1.29 is 0 Å². The summed E-state index contributed by atoms with van der Waals surface area (Å²) in [5.41, 5.74) is 2.62. The maximum absolute atomic E-state index is 6.15. The Morgan fingerprint density at radius 1 is 1.18 bits per heavy atom. The molecule has 2 aromatic rings. The molecule has 1 N–H and O–H groups in total. The fourth-order valence-electron chi connectivity index (χ4n) is 1.36. The number of benzene rings is 1. The van der Waals surface area contributed by atoms with Gasteiger partial charge in [-0.05, 0) is 46.6 Å². The number of anilines is 2. The summed E-state index contributed by atoms with van der Waals surface area (Å²) in [5.74, 6) is 0. The minimum Gasteiger partial charge on any atom is -0.353 e. The van der Waals surface area contributed by atoms with E-state index in [1.807, 2.05) is 25.1 Å². The van der Waals surface area contributed by atoms with Crippen molar-refractivity contribution in [2.75, 3.05) is 5.32 Å². The monoisotopic (exact) mass is 330 g/mol. The molecule has 0 amide bonds. The number of rotatable bonds is 2. The lowest BCUT2D eigenvalue weighted by Crippen LogP contribution is -1.93. The van der Waals surface area contributed by atoms with Crippen LogP contribution in [0, 0.1) is 6.92 Å². The zero-order valence-corrected chi connectivity index (χ0v) is 12.1. The molecule has 0 atom stereocenters. The number of hydrogen-bond acceptors (Lipinski definition) is 2. The molecule has 0 unspecified atom stereocenters. The van der Waals surface area contributed by atoms with Gasteiger partial charge in [-0.2, -0.15) is 0 Å². The first-order valence-corrected chi connectivity index (χ1v) is 6.45. The van der Waals surface area contributed by atoms with Gasteiger partial charge in [0.05, 0.1) is 20.9 Å². The summed E-state index contributed by atoms with van der Waals surface area (Å²) in [4.78, 5) is 3.99. The summed E-state index contributed by atoms with van der Waals surface area (Å²) in [7, 11) is 0. The number of hydrogen-bond donors (Lipinski definition) is 1. The zero-order chi connectivity index (χ0) is 12.4. The standard InChI is InChI=1S/C12H9BrCl2N2/c1-7-4-10(15)12(5-9(7)14)17-11-2-3-16-6-8(11)13/h2-6H,1H3,(H,16,17). The zero-order valence-electron chi connectivity index (χ0n) is 8.97. The number of nitrogens with one attached hydrogen (secondary N) is 1. The number of pyridine rings is 1. The van der Waals surface area contributed by atoms with Crippen molar-refractivity contribution in [3.8, 4) is 0 Å². The van der Waals surface area contributed by atoms with Crippen LogP contribution in [0.25, 0.3) is 0 Å². The molecule has 0 saturated carbocycles. The van der Waals surface area contributed by atoms with E-state index in [2.05, 4.69) is 26.2 Å². The Balaban J connectivity index is 2.37. The second kappa shape index (κ2) is 5.25. The van der Waals surface area contributed by atoms with Gasteiger partial charge in [-0.25, -0.2) is 0 Å². The van der Waals surface area contributed by atoms with E-state index in [9.17, 15) is 0 Å². The predicted octanol–water partition coefficient (Wildman–Crippen LogP) is 5.20. The van der Waals surface area contributed by atoms with E-state index in [0.717, 1.165) is 21.4 Å². The third kappa shape index (κ3) is 2.92. The van der Waals surface area contributed by atoms with E-state index in [-0.39, 0.29) is 0 Å². The van der Waals surface area contributed by atoms with Crippen LogP contribution in [0.1, 0.15) is 5.56 Å². The van der Waals surface area contributed by atoms with Crippen molar-refractivity contribution in [2.45, 2.75) is 6.92 Å². The molecule has 0 fully saturated rings. The third-order valence-electron chi connectivity index (χ3n) is 2.29. The van der Waals surface area contributed by atoms with Gasteiger partial charge < -0.3 is 5.32 Å². The van der Waals surface area contributed by atoms with E-state index in [1.165, 1.54) is 0 Å². The van der Waals surface area contributed by atoms with Crippen LogP contribution in [-0.2, 0) is 0 Å². The van der Waals surface area contributed by atoms with Gasteiger partial charge in [-0.3, -0.25) is 4.98 Å². The van der Waals surface area contributed by atoms with Gasteiger partial charge in [0.25, 0.3) is 0 Å². The number of halogens is 3. The van der Waals surface area contributed by atoms with Crippen molar-refractivity contribution in [3.05, 3.63) is 50.7 Å². The second-order valence-corrected chi connectivity index (χ2v) is 5.23. The first-order chi connectivity index (χ1) is 8.08. The average molecular weight is 332 g/mol. The highest BCUT2D eigenvalue weighted by molar-refractivity contribution is 9.10. The minimum atomic E-state index is 0.635. The third-order valence-corrected chi connectivity index (χ3v) is 3.64. The van der Waals surface area contributed by atoms with Crippen LogP contribution in [0.4, 0.5) is 11.4 Å². The quantitative estimate of drug-likeness (QED) is 0.817. The summed E-state index contributed by atoms with van der Waals surface area (Å²) < 4.78 is 0.868. The van der Waals surface area contributed by atoms with Gasteiger partial charge in [0.2, 0.25) is 0 Å². The highest BCUT2D eigenvalue weighted by atomic mass is 79.9. The second-order valence-electron chi connectivity index (χ2n) is 3.56. The molecule has 1 aromatic heterocycles. The van der Waals surface area contributed by atoms with Gasteiger partial charge in [0, 0.05) is 17.4 Å². The molecule has 0 spiro atoms. The Hall–Kier alpha value is -0.770. The summed E-state index contributed by atoms with van der Waals surface area (Å²) in [6.45, 7) is 1.92. The van der Waals surface area contributed by atoms with Gasteiger partial charge in [0.1, 0.15) is 0 Å². The van der Waals surface area contributed by atoms with Crippen LogP contribution in [-0.4, -0.2) is 4.98 Å². The Bertz CT molecular complexity index is 558. The van der Waals surface area contributed by atoms with Crippen LogP contribution in [0.15, 0.2) is 35.1 Å². The maximum Gasteiger partial charge on any atom is 0.0644 e. The van der Waals surface area contributed by atoms with Crippen molar-refractivity contribution in [2.24, 2.45) is 0 Å². The molecule has 5 heteroatoms. The van der Waals surface area contributed by atoms with Crippen LogP contribution >= 0.6 is 39.1 Å². The molecule has 17 heavy (non-hydrogen) atoms. The minimum absolute atomic E-state index is 0.635. The largest absolute Gasteiger partial charge is 0.353 e. The summed E-state index contributed by atoms with van der Waals surface area (Å²) in [5, 5.41) is 4.52. The Morgan fingerprint density at radius 3 is 2.65 bits per heavy atom. The first-order valence-electron chi connectivity index (χ1n) is 4.90. The van der Waals surface area contributed by atoms with Gasteiger partial charge in [0.15, 0.2) is 0 Å². The molecule has 0 bridgehead atoms. The molecular formula is C12H9BrCl2N2. The van der Waals surface area contributed by atoms with Crippen LogP contribution < -0.4 is 5.32 Å². The SMILES string of the molecule is Cc1cc(Cl)c(Nc2ccncc2Br)cc1Cl. The van der Waals surface area contributed by atoms with Gasteiger partial charge in [-0.15, -0.1) is 0 Å². The Morgan fingerprint density at radius 2 is 1.94 bits per heavy atom. The first kappa shape index (κ1) is 12.7. The van der Waals surface area contributed by atoms with Crippen molar-refractivity contribution in [1.82, 2.24) is 4.98 Å². The highest BCUT2D eigenvalue weighted by Crippen LogP contribution is 2.32. The molecule has 0 saturated heterocycles. The van der Waals surface area contributed by atoms with Crippen LogP contribution in [0.2, 0.25) is 10.0 Å². The fourth-order valence-corrected chi connectivity index (χ4v) is 2.14. The predicted molar refractivity (Wildman–Crippen MR) is 76.4 cm³/mol. The number of aryl methyl sites for hydroxylation is 1. The Labute approximate surface area is 118 Å². The molecular weight excluding hydrogens is 323 g/mol. The van der Waals surface area contributed by atoms with Crippen molar-refractivity contribution in [3.63, 3.8) is 0 Å². The topological polar surface area (TPSA) is 24.9 Å². The van der Waals surface area contributed by atoms with E-state index in [1.54, 1.807) is 12.4 Å². The van der Waals surface area contributed by atoms with Gasteiger partial charge in [-0.1, -0.05) is 23.2 Å². The van der Waals surface area contributed by atoms with E-state index in [4.69, 9.17) is 23.2 Å². The molecule has 1 aromatic carbocycles. The normalized spacial score (nSPS) is 10.4. The van der Waals surface area contributed by atoms with Gasteiger partial charge >= 0.3 is 0 Å². The van der Waals surface area contributed by atoms with Crippen molar-refractivity contribution in [1.29, 1.82) is 0 Å². The molecule has 1 heterocycles. The lowest BCUT2D eigenvalue weighted by atomic mass is 10.2. The molecule has 0 aliphatic heterocycles. The molecule has 2 rings (SSSR count).